The van der Waals surface area contributed by atoms with E-state index in [0.29, 0.717) is 5.56 Å². The highest BCUT2D eigenvalue weighted by atomic mass is 16.5. The zero-order chi connectivity index (χ0) is 11.5. The van der Waals surface area contributed by atoms with Gasteiger partial charge in [0.2, 0.25) is 5.76 Å². The Bertz CT molecular complexity index is 503. The van der Waals surface area contributed by atoms with E-state index < -0.39 is 5.91 Å². The lowest BCUT2D eigenvalue weighted by atomic mass is 10.1. The minimum absolute atomic E-state index is 0.147. The molecule has 1 aromatic carbocycles. The second-order valence-corrected chi connectivity index (χ2v) is 3.10. The van der Waals surface area contributed by atoms with E-state index in [0.717, 1.165) is 6.08 Å². The van der Waals surface area contributed by atoms with Crippen molar-refractivity contribution in [3.05, 3.63) is 47.7 Å². The van der Waals surface area contributed by atoms with Crippen LogP contribution >= 0.6 is 0 Å². The number of benzene rings is 1. The summed E-state index contributed by atoms with van der Waals surface area (Å²) in [5.41, 5.74) is 5.65. The van der Waals surface area contributed by atoms with Crippen LogP contribution in [0.2, 0.25) is 0 Å². The van der Waals surface area contributed by atoms with Crippen LogP contribution in [0.3, 0.4) is 0 Å². The molecule has 0 aromatic heterocycles. The van der Waals surface area contributed by atoms with Crippen molar-refractivity contribution in [2.45, 2.75) is 0 Å². The first kappa shape index (κ1) is 10.1. The van der Waals surface area contributed by atoms with Gasteiger partial charge in [-0.15, -0.1) is 0 Å². The summed E-state index contributed by atoms with van der Waals surface area (Å²) in [6.45, 7) is 0. The van der Waals surface area contributed by atoms with Crippen LogP contribution in [0.15, 0.2) is 47.2 Å². The lowest BCUT2D eigenvalue weighted by molar-refractivity contribution is -0.115. The summed E-state index contributed by atoms with van der Waals surface area (Å²) >= 11 is 0. The van der Waals surface area contributed by atoms with Gasteiger partial charge < -0.3 is 10.5 Å². The normalized spacial score (nSPS) is 17.1. The quantitative estimate of drug-likeness (QED) is 0.580. The number of aliphatic imine (C=N–C) groups is 1. The molecular weight excluding hydrogens is 208 g/mol. The highest BCUT2D eigenvalue weighted by Crippen LogP contribution is 2.10. The summed E-state index contributed by atoms with van der Waals surface area (Å²) in [6, 6.07) is 8.30. The molecule has 1 heterocycles. The number of ketones is 1. The molecule has 0 spiro atoms. The molecule has 80 valence electrons. The number of hydrogen-bond donors (Lipinski definition) is 1. The van der Waals surface area contributed by atoms with Crippen molar-refractivity contribution in [1.82, 2.24) is 0 Å². The Kier molecular flexibility index (Phi) is 2.51. The number of rotatable bonds is 2. The molecule has 0 aliphatic carbocycles. The molecule has 0 atom stereocenters. The van der Waals surface area contributed by atoms with Crippen molar-refractivity contribution >= 4 is 17.7 Å². The smallest absolute Gasteiger partial charge is 0.317 e. The van der Waals surface area contributed by atoms with E-state index in [-0.39, 0.29) is 17.6 Å². The Morgan fingerprint density at radius 1 is 1.31 bits per heavy atom. The van der Waals surface area contributed by atoms with Crippen molar-refractivity contribution in [3.8, 4) is 0 Å². The molecular formula is C11H8N2O3. The van der Waals surface area contributed by atoms with Gasteiger partial charge in [0, 0.05) is 11.6 Å². The highest BCUT2D eigenvalue weighted by molar-refractivity contribution is 6.12. The standard InChI is InChI=1S/C11H8N2O3/c12-11-13-10(15)9(16-11)6-8(14)7-4-2-1-3-5-7/h1-6H,(H2,12,13,15)/b9-6+. The number of allylic oxidation sites excluding steroid dienone is 1. The average molecular weight is 216 g/mol. The summed E-state index contributed by atoms with van der Waals surface area (Å²) in [4.78, 5) is 26.1. The Labute approximate surface area is 91.2 Å². The molecule has 0 bridgehead atoms. The van der Waals surface area contributed by atoms with Crippen molar-refractivity contribution < 1.29 is 14.3 Å². The predicted molar refractivity (Wildman–Crippen MR) is 56.6 cm³/mol. The van der Waals surface area contributed by atoms with E-state index in [4.69, 9.17) is 10.5 Å². The second-order valence-electron chi connectivity index (χ2n) is 3.10. The SMILES string of the molecule is NC1=NC(=O)/C(=C\C(=O)c2ccccc2)O1. The summed E-state index contributed by atoms with van der Waals surface area (Å²) in [5, 5.41) is 0. The maximum absolute atomic E-state index is 11.7. The topological polar surface area (TPSA) is 81.8 Å². The van der Waals surface area contributed by atoms with Gasteiger partial charge in [-0.3, -0.25) is 9.59 Å². The van der Waals surface area contributed by atoms with Crippen molar-refractivity contribution in [1.29, 1.82) is 0 Å². The van der Waals surface area contributed by atoms with Gasteiger partial charge in [0.25, 0.3) is 6.02 Å². The van der Waals surface area contributed by atoms with Gasteiger partial charge in [-0.05, 0) is 0 Å². The molecule has 0 radical (unpaired) electrons. The molecule has 0 saturated carbocycles. The molecule has 0 fully saturated rings. The van der Waals surface area contributed by atoms with Crippen LogP contribution in [-0.2, 0) is 9.53 Å². The Morgan fingerprint density at radius 3 is 2.56 bits per heavy atom. The Morgan fingerprint density at radius 2 is 2.00 bits per heavy atom. The van der Waals surface area contributed by atoms with Gasteiger partial charge in [0.05, 0.1) is 0 Å². The fourth-order valence-corrected chi connectivity index (χ4v) is 1.23. The van der Waals surface area contributed by atoms with Crippen LogP contribution in [0.5, 0.6) is 0 Å². The van der Waals surface area contributed by atoms with Crippen molar-refractivity contribution in [2.24, 2.45) is 10.7 Å². The van der Waals surface area contributed by atoms with Crippen LogP contribution in [0.25, 0.3) is 0 Å². The Hall–Kier alpha value is -2.43. The number of nitrogens with zero attached hydrogens (tertiary/aromatic N) is 1. The maximum Gasteiger partial charge on any atom is 0.317 e. The molecule has 0 saturated heterocycles. The molecule has 1 aromatic rings. The van der Waals surface area contributed by atoms with Crippen LogP contribution in [0, 0.1) is 0 Å². The number of carbonyl (C=O) groups is 2. The van der Waals surface area contributed by atoms with E-state index in [1.165, 1.54) is 0 Å². The minimum atomic E-state index is -0.637. The number of amidine groups is 1. The molecule has 5 heteroatoms. The first-order valence-electron chi connectivity index (χ1n) is 4.54. The maximum atomic E-state index is 11.7. The summed E-state index contributed by atoms with van der Waals surface area (Å²) in [5.74, 6) is -1.11. The number of nitrogens with two attached hydrogens (primary N) is 1. The van der Waals surface area contributed by atoms with Gasteiger partial charge in [-0.25, -0.2) is 0 Å². The fourth-order valence-electron chi connectivity index (χ4n) is 1.23. The molecule has 0 unspecified atom stereocenters. The van der Waals surface area contributed by atoms with Crippen LogP contribution < -0.4 is 5.73 Å². The fraction of sp³-hybridized carbons (Fsp3) is 0. The largest absolute Gasteiger partial charge is 0.420 e. The molecule has 1 aliphatic rings. The third kappa shape index (κ3) is 1.98. The van der Waals surface area contributed by atoms with Gasteiger partial charge >= 0.3 is 5.91 Å². The predicted octanol–water partition coefficient (Wildman–Crippen LogP) is 0.625. The van der Waals surface area contributed by atoms with Crippen LogP contribution in [0.1, 0.15) is 10.4 Å². The first-order chi connectivity index (χ1) is 7.66. The first-order valence-corrected chi connectivity index (χ1v) is 4.54. The third-order valence-corrected chi connectivity index (χ3v) is 1.96. The van der Waals surface area contributed by atoms with E-state index in [1.54, 1.807) is 30.3 Å². The van der Waals surface area contributed by atoms with E-state index in [1.807, 2.05) is 0 Å². The minimum Gasteiger partial charge on any atom is -0.420 e. The van der Waals surface area contributed by atoms with E-state index in [2.05, 4.69) is 4.99 Å². The van der Waals surface area contributed by atoms with Crippen molar-refractivity contribution in [2.75, 3.05) is 0 Å². The summed E-state index contributed by atoms with van der Waals surface area (Å²) < 4.78 is 4.78. The van der Waals surface area contributed by atoms with Crippen molar-refractivity contribution in [3.63, 3.8) is 0 Å². The van der Waals surface area contributed by atoms with Gasteiger partial charge in [0.1, 0.15) is 0 Å². The third-order valence-electron chi connectivity index (χ3n) is 1.96. The Balaban J connectivity index is 2.21. The number of ether oxygens (including phenoxy) is 1. The van der Waals surface area contributed by atoms with Gasteiger partial charge in [-0.2, -0.15) is 4.99 Å². The molecule has 1 aliphatic heterocycles. The van der Waals surface area contributed by atoms with Crippen LogP contribution in [-0.4, -0.2) is 17.7 Å². The molecule has 2 N–H and O–H groups in total. The number of carbonyl (C=O) groups excluding carboxylic acids is 2. The number of amides is 1. The highest BCUT2D eigenvalue weighted by Gasteiger charge is 2.21. The molecule has 5 nitrogen and oxygen atoms in total. The van der Waals surface area contributed by atoms with Gasteiger partial charge in [-0.1, -0.05) is 30.3 Å². The lowest BCUT2D eigenvalue weighted by Crippen LogP contribution is -2.10. The lowest BCUT2D eigenvalue weighted by Gasteiger charge is -1.96. The number of hydrogen-bond acceptors (Lipinski definition) is 4. The molecule has 2 rings (SSSR count). The molecule has 16 heavy (non-hydrogen) atoms. The zero-order valence-corrected chi connectivity index (χ0v) is 8.21. The average Bonchev–Trinajstić information content (AvgIpc) is 2.59. The van der Waals surface area contributed by atoms with Gasteiger partial charge in [0.15, 0.2) is 5.78 Å². The summed E-state index contributed by atoms with van der Waals surface area (Å²) in [6.07, 6.45) is 1.08. The molecule has 1 amide bonds. The monoisotopic (exact) mass is 216 g/mol. The zero-order valence-electron chi connectivity index (χ0n) is 8.21. The summed E-state index contributed by atoms with van der Waals surface area (Å²) in [7, 11) is 0. The second kappa shape index (κ2) is 3.98. The van der Waals surface area contributed by atoms with E-state index in [9.17, 15) is 9.59 Å². The van der Waals surface area contributed by atoms with Crippen LogP contribution in [0.4, 0.5) is 0 Å². The van der Waals surface area contributed by atoms with E-state index >= 15 is 0 Å².